The highest BCUT2D eigenvalue weighted by molar-refractivity contribution is 6.30. The molecule has 0 saturated carbocycles. The van der Waals surface area contributed by atoms with E-state index in [0.29, 0.717) is 16.4 Å². The molecule has 2 N–H and O–H groups in total. The maximum Gasteiger partial charge on any atom is 0.253 e. The smallest absolute Gasteiger partial charge is 0.253 e. The van der Waals surface area contributed by atoms with Gasteiger partial charge in [-0.15, -0.1) is 0 Å². The molecule has 1 atom stereocenters. The second-order valence-corrected chi connectivity index (χ2v) is 6.11. The summed E-state index contributed by atoms with van der Waals surface area (Å²) in [5.74, 6) is 0.494. The Balaban J connectivity index is 1.64. The lowest BCUT2D eigenvalue weighted by Crippen LogP contribution is -2.26. The summed E-state index contributed by atoms with van der Waals surface area (Å²) in [5.41, 5.74) is 2.41. The molecule has 3 aromatic rings. The number of anilines is 2. The number of carbonyl (C=O) groups is 1. The van der Waals surface area contributed by atoms with E-state index in [0.717, 1.165) is 11.3 Å². The van der Waals surface area contributed by atoms with Gasteiger partial charge in [0, 0.05) is 16.9 Å². The van der Waals surface area contributed by atoms with Crippen molar-refractivity contribution in [1.82, 2.24) is 10.3 Å². The summed E-state index contributed by atoms with van der Waals surface area (Å²) in [5, 5.41) is 6.77. The molecule has 2 aromatic carbocycles. The zero-order chi connectivity index (χ0) is 17.6. The monoisotopic (exact) mass is 351 g/mol. The van der Waals surface area contributed by atoms with Crippen molar-refractivity contribution in [2.75, 3.05) is 5.32 Å². The molecular weight excluding hydrogens is 334 g/mol. The number of pyridine rings is 1. The van der Waals surface area contributed by atoms with E-state index in [-0.39, 0.29) is 11.9 Å². The summed E-state index contributed by atoms with van der Waals surface area (Å²) in [6, 6.07) is 20.6. The molecule has 0 aliphatic heterocycles. The minimum atomic E-state index is -0.154. The normalized spacial score (nSPS) is 11.6. The second-order valence-electron chi connectivity index (χ2n) is 5.67. The predicted octanol–water partition coefficient (Wildman–Crippen LogP) is 4.97. The molecule has 4 nitrogen and oxygen atoms in total. The third-order valence-corrected chi connectivity index (χ3v) is 4.00. The van der Waals surface area contributed by atoms with Gasteiger partial charge in [-0.3, -0.25) is 4.79 Å². The lowest BCUT2D eigenvalue weighted by Gasteiger charge is -2.14. The van der Waals surface area contributed by atoms with Crippen LogP contribution in [0.2, 0.25) is 5.02 Å². The van der Waals surface area contributed by atoms with Gasteiger partial charge in [-0.05, 0) is 42.8 Å². The lowest BCUT2D eigenvalue weighted by molar-refractivity contribution is 0.0939. The first-order valence-corrected chi connectivity index (χ1v) is 8.34. The van der Waals surface area contributed by atoms with Gasteiger partial charge in [0.1, 0.15) is 5.82 Å². The minimum absolute atomic E-state index is 0.0713. The van der Waals surface area contributed by atoms with Crippen LogP contribution in [0.1, 0.15) is 28.9 Å². The first-order valence-electron chi connectivity index (χ1n) is 7.96. The van der Waals surface area contributed by atoms with Gasteiger partial charge in [-0.1, -0.05) is 48.0 Å². The van der Waals surface area contributed by atoms with E-state index < -0.39 is 0 Å². The summed E-state index contributed by atoms with van der Waals surface area (Å²) in [6.45, 7) is 1.95. The van der Waals surface area contributed by atoms with E-state index in [1.807, 2.05) is 61.5 Å². The van der Waals surface area contributed by atoms with E-state index in [2.05, 4.69) is 15.6 Å². The molecule has 3 rings (SSSR count). The Morgan fingerprint density at radius 3 is 2.52 bits per heavy atom. The molecule has 0 fully saturated rings. The maximum absolute atomic E-state index is 12.4. The molecule has 0 bridgehead atoms. The van der Waals surface area contributed by atoms with Crippen molar-refractivity contribution < 1.29 is 4.79 Å². The molecule has 0 saturated heterocycles. The van der Waals surface area contributed by atoms with Crippen LogP contribution in [0.25, 0.3) is 0 Å². The van der Waals surface area contributed by atoms with Crippen molar-refractivity contribution in [3.8, 4) is 0 Å². The lowest BCUT2D eigenvalue weighted by atomic mass is 10.1. The number of hydrogen-bond donors (Lipinski definition) is 2. The largest absolute Gasteiger partial charge is 0.345 e. The van der Waals surface area contributed by atoms with Crippen LogP contribution < -0.4 is 10.6 Å². The van der Waals surface area contributed by atoms with Crippen LogP contribution in [-0.2, 0) is 0 Å². The summed E-state index contributed by atoms with van der Waals surface area (Å²) in [4.78, 5) is 16.6. The molecular formula is C20H18ClN3O. The zero-order valence-electron chi connectivity index (χ0n) is 13.7. The van der Waals surface area contributed by atoms with E-state index in [1.54, 1.807) is 18.3 Å². The van der Waals surface area contributed by atoms with E-state index >= 15 is 0 Å². The molecule has 0 aliphatic rings. The molecule has 0 spiro atoms. The number of benzene rings is 2. The Kier molecular flexibility index (Phi) is 5.31. The van der Waals surface area contributed by atoms with Gasteiger partial charge in [0.15, 0.2) is 0 Å². The Morgan fingerprint density at radius 2 is 1.84 bits per heavy atom. The van der Waals surface area contributed by atoms with E-state index in [9.17, 15) is 4.79 Å². The molecule has 1 amide bonds. The van der Waals surface area contributed by atoms with Crippen molar-refractivity contribution in [2.45, 2.75) is 13.0 Å². The van der Waals surface area contributed by atoms with Crippen LogP contribution in [-0.4, -0.2) is 10.9 Å². The highest BCUT2D eigenvalue weighted by Crippen LogP contribution is 2.19. The Hall–Kier alpha value is -2.85. The molecule has 0 radical (unpaired) electrons. The van der Waals surface area contributed by atoms with Gasteiger partial charge in [0.2, 0.25) is 0 Å². The average molecular weight is 352 g/mol. The van der Waals surface area contributed by atoms with Crippen LogP contribution in [0.15, 0.2) is 72.9 Å². The summed E-state index contributed by atoms with van der Waals surface area (Å²) in [6.07, 6.45) is 1.56. The molecule has 1 aromatic heterocycles. The number of aromatic nitrogens is 1. The molecule has 25 heavy (non-hydrogen) atoms. The molecule has 1 heterocycles. The zero-order valence-corrected chi connectivity index (χ0v) is 14.5. The summed E-state index contributed by atoms with van der Waals surface area (Å²) >= 11 is 5.96. The third-order valence-electron chi connectivity index (χ3n) is 3.77. The van der Waals surface area contributed by atoms with Gasteiger partial charge in [0.05, 0.1) is 11.6 Å². The van der Waals surface area contributed by atoms with Gasteiger partial charge in [0.25, 0.3) is 5.91 Å². The number of amides is 1. The van der Waals surface area contributed by atoms with Crippen LogP contribution in [0, 0.1) is 0 Å². The van der Waals surface area contributed by atoms with Crippen molar-refractivity contribution in [3.63, 3.8) is 0 Å². The number of nitrogens with zero attached hydrogens (tertiary/aromatic N) is 1. The van der Waals surface area contributed by atoms with Gasteiger partial charge >= 0.3 is 0 Å². The number of halogens is 1. The molecule has 126 valence electrons. The second kappa shape index (κ2) is 7.81. The van der Waals surface area contributed by atoms with Crippen LogP contribution in [0.4, 0.5) is 11.5 Å². The fourth-order valence-electron chi connectivity index (χ4n) is 2.42. The van der Waals surface area contributed by atoms with Crippen LogP contribution >= 0.6 is 11.6 Å². The SMILES string of the molecule is CC(NC(=O)c1ccc(Nc2cccc(Cl)c2)nc1)c1ccccc1. The standard InChI is InChI=1S/C20H18ClN3O/c1-14(15-6-3-2-4-7-15)23-20(25)16-10-11-19(22-13-16)24-18-9-5-8-17(21)12-18/h2-14H,1H3,(H,22,24)(H,23,25). The topological polar surface area (TPSA) is 54.0 Å². The van der Waals surface area contributed by atoms with E-state index in [1.165, 1.54) is 0 Å². The Bertz CT molecular complexity index is 850. The van der Waals surface area contributed by atoms with Crippen molar-refractivity contribution in [1.29, 1.82) is 0 Å². The molecule has 1 unspecified atom stereocenters. The third kappa shape index (κ3) is 4.58. The van der Waals surface area contributed by atoms with Crippen molar-refractivity contribution in [3.05, 3.63) is 89.1 Å². The Labute approximate surface area is 151 Å². The predicted molar refractivity (Wildman–Crippen MR) is 101 cm³/mol. The molecule has 5 heteroatoms. The first kappa shape index (κ1) is 17.0. The van der Waals surface area contributed by atoms with Gasteiger partial charge in [-0.2, -0.15) is 0 Å². The quantitative estimate of drug-likeness (QED) is 0.682. The average Bonchev–Trinajstić information content (AvgIpc) is 2.63. The number of rotatable bonds is 5. The van der Waals surface area contributed by atoms with Crippen LogP contribution in [0.5, 0.6) is 0 Å². The summed E-state index contributed by atoms with van der Waals surface area (Å²) in [7, 11) is 0. The maximum atomic E-state index is 12.4. The van der Waals surface area contributed by atoms with Crippen LogP contribution in [0.3, 0.4) is 0 Å². The Morgan fingerprint density at radius 1 is 1.04 bits per heavy atom. The van der Waals surface area contributed by atoms with E-state index in [4.69, 9.17) is 11.6 Å². The van der Waals surface area contributed by atoms with Crippen molar-refractivity contribution >= 4 is 29.0 Å². The summed E-state index contributed by atoms with van der Waals surface area (Å²) < 4.78 is 0. The van der Waals surface area contributed by atoms with Gasteiger partial charge < -0.3 is 10.6 Å². The number of nitrogens with one attached hydrogen (secondary N) is 2. The molecule has 0 aliphatic carbocycles. The highest BCUT2D eigenvalue weighted by Gasteiger charge is 2.11. The minimum Gasteiger partial charge on any atom is -0.345 e. The van der Waals surface area contributed by atoms with Gasteiger partial charge in [-0.25, -0.2) is 4.98 Å². The van der Waals surface area contributed by atoms with Crippen molar-refractivity contribution in [2.24, 2.45) is 0 Å². The highest BCUT2D eigenvalue weighted by atomic mass is 35.5. The first-order chi connectivity index (χ1) is 12.1. The fourth-order valence-corrected chi connectivity index (χ4v) is 2.61. The fraction of sp³-hybridized carbons (Fsp3) is 0.100. The number of hydrogen-bond acceptors (Lipinski definition) is 3. The number of carbonyl (C=O) groups excluding carboxylic acids is 1.